The lowest BCUT2D eigenvalue weighted by Gasteiger charge is -2.31. The first-order chi connectivity index (χ1) is 23.4. The van der Waals surface area contributed by atoms with Crippen LogP contribution >= 0.6 is 11.6 Å². The fourth-order valence-corrected chi connectivity index (χ4v) is 5.85. The van der Waals surface area contributed by atoms with E-state index in [4.69, 9.17) is 25.8 Å². The van der Waals surface area contributed by atoms with Crippen molar-refractivity contribution in [2.75, 3.05) is 44.0 Å². The lowest BCUT2D eigenvalue weighted by molar-refractivity contribution is -0.117. The molecule has 4 aromatic rings. The van der Waals surface area contributed by atoms with Crippen LogP contribution in [-0.4, -0.2) is 81.0 Å². The van der Waals surface area contributed by atoms with Crippen molar-refractivity contribution in [3.05, 3.63) is 88.7 Å². The number of benzene rings is 1. The molecule has 1 unspecified atom stereocenters. The third kappa shape index (κ3) is 9.06. The number of halogens is 1. The lowest BCUT2D eigenvalue weighted by atomic mass is 10.1. The van der Waals surface area contributed by atoms with Gasteiger partial charge >= 0.3 is 5.97 Å². The summed E-state index contributed by atoms with van der Waals surface area (Å²) in [7, 11) is 1.30. The van der Waals surface area contributed by atoms with Crippen LogP contribution in [-0.2, 0) is 27.2 Å². The Balaban J connectivity index is 1.01. The fraction of sp³-hybridized carbons (Fsp3) is 0.412. The third-order valence-corrected chi connectivity index (χ3v) is 8.53. The molecule has 3 aromatic heterocycles. The number of aromatic nitrogens is 5. The molecule has 0 saturated carbocycles. The maximum Gasteiger partial charge on any atom is 0.356 e. The van der Waals surface area contributed by atoms with Crippen LogP contribution in [0.1, 0.15) is 65.8 Å². The highest BCUT2D eigenvalue weighted by Crippen LogP contribution is 2.24. The Kier molecular flexibility index (Phi) is 11.1. The summed E-state index contributed by atoms with van der Waals surface area (Å²) in [5, 5.41) is 11.4. The van der Waals surface area contributed by atoms with Crippen molar-refractivity contribution in [1.29, 1.82) is 0 Å². The van der Waals surface area contributed by atoms with E-state index in [0.29, 0.717) is 54.3 Å². The van der Waals surface area contributed by atoms with Crippen molar-refractivity contribution in [3.8, 4) is 5.88 Å². The van der Waals surface area contributed by atoms with E-state index >= 15 is 0 Å². The van der Waals surface area contributed by atoms with Gasteiger partial charge in [0.15, 0.2) is 11.5 Å². The van der Waals surface area contributed by atoms with Gasteiger partial charge in [0, 0.05) is 61.7 Å². The van der Waals surface area contributed by atoms with Gasteiger partial charge in [0.1, 0.15) is 18.2 Å². The molecule has 2 saturated heterocycles. The Morgan fingerprint density at radius 1 is 1.02 bits per heavy atom. The molecule has 0 radical (unpaired) electrons. The molecule has 2 aliphatic heterocycles. The molecule has 5 heterocycles. The van der Waals surface area contributed by atoms with Crippen molar-refractivity contribution in [3.63, 3.8) is 0 Å². The average molecular weight is 675 g/mol. The zero-order chi connectivity index (χ0) is 33.3. The van der Waals surface area contributed by atoms with E-state index in [1.807, 2.05) is 35.1 Å². The second-order valence-electron chi connectivity index (χ2n) is 11.8. The highest BCUT2D eigenvalue weighted by Gasteiger charge is 2.24. The van der Waals surface area contributed by atoms with E-state index in [0.717, 1.165) is 49.8 Å². The van der Waals surface area contributed by atoms with Crippen molar-refractivity contribution in [1.82, 2.24) is 29.6 Å². The summed E-state index contributed by atoms with van der Waals surface area (Å²) < 4.78 is 18.7. The first-order valence-corrected chi connectivity index (χ1v) is 16.5. The first-order valence-electron chi connectivity index (χ1n) is 16.1. The number of hydrogen-bond acceptors (Lipinski definition) is 11. The van der Waals surface area contributed by atoms with Crippen LogP contribution in [0.15, 0.2) is 61.1 Å². The van der Waals surface area contributed by atoms with Crippen molar-refractivity contribution < 1.29 is 23.8 Å². The van der Waals surface area contributed by atoms with Gasteiger partial charge in [-0.2, -0.15) is 10.1 Å². The van der Waals surface area contributed by atoms with Gasteiger partial charge in [-0.3, -0.25) is 9.69 Å². The van der Waals surface area contributed by atoms with E-state index < -0.39 is 5.97 Å². The summed E-state index contributed by atoms with van der Waals surface area (Å²) in [6.07, 6.45) is 10.5. The second-order valence-corrected chi connectivity index (χ2v) is 12.3. The van der Waals surface area contributed by atoms with Gasteiger partial charge in [0.25, 0.3) is 0 Å². The van der Waals surface area contributed by atoms with Gasteiger partial charge < -0.3 is 24.8 Å². The van der Waals surface area contributed by atoms with Gasteiger partial charge in [-0.15, -0.1) is 0 Å². The Morgan fingerprint density at radius 2 is 1.85 bits per heavy atom. The van der Waals surface area contributed by atoms with Gasteiger partial charge in [-0.1, -0.05) is 23.7 Å². The number of ether oxygens (including phenoxy) is 3. The zero-order valence-electron chi connectivity index (χ0n) is 26.8. The van der Waals surface area contributed by atoms with Gasteiger partial charge in [-0.25, -0.2) is 19.4 Å². The summed E-state index contributed by atoms with van der Waals surface area (Å²) in [5.41, 5.74) is 2.58. The summed E-state index contributed by atoms with van der Waals surface area (Å²) >= 11 is 6.00. The molecule has 1 aromatic carbocycles. The Hall–Kier alpha value is -4.59. The summed E-state index contributed by atoms with van der Waals surface area (Å²) in [4.78, 5) is 40.9. The SMILES string of the molecule is COC(=O)c1ccc(NC(=O)CN2CCC(Oc3ccnc(Cc4ccc(Cl)cc4)n3)CC2)c(NCc2cnn(C3CCCCO3)c2)n1. The zero-order valence-corrected chi connectivity index (χ0v) is 27.6. The number of methoxy groups -OCH3 is 1. The van der Waals surface area contributed by atoms with Crippen LogP contribution in [0.25, 0.3) is 0 Å². The number of carbonyl (C=O) groups is 2. The molecule has 2 fully saturated rings. The molecule has 1 amide bonds. The van der Waals surface area contributed by atoms with Crippen molar-refractivity contribution in [2.24, 2.45) is 0 Å². The lowest BCUT2D eigenvalue weighted by Crippen LogP contribution is -2.42. The molecule has 13 nitrogen and oxygen atoms in total. The minimum Gasteiger partial charge on any atom is -0.474 e. The van der Waals surface area contributed by atoms with E-state index in [1.165, 1.54) is 13.2 Å². The Morgan fingerprint density at radius 3 is 2.62 bits per heavy atom. The number of amides is 1. The number of pyridine rings is 1. The predicted octanol–water partition coefficient (Wildman–Crippen LogP) is 4.89. The standard InChI is InChI=1S/C34H39ClN8O5/c1-46-34(45)28-10-9-27(33(40-28)37-19-24-20-38-43(21-24)32-4-2-3-17-47-32)39-30(44)22-42-15-12-26(13-16-42)48-31-11-14-36-29(41-31)18-23-5-7-25(35)8-6-23/h5-11,14,20-21,26,32H,2-4,12-13,15-19,22H2,1H3,(H,37,40)(H,39,44). The van der Waals surface area contributed by atoms with Crippen LogP contribution < -0.4 is 15.4 Å². The molecule has 0 aliphatic carbocycles. The number of likely N-dealkylation sites (tertiary alicyclic amines) is 1. The quantitative estimate of drug-likeness (QED) is 0.198. The number of piperidine rings is 1. The molecule has 14 heteroatoms. The number of anilines is 2. The van der Waals surface area contributed by atoms with Crippen LogP contribution in [0.4, 0.5) is 11.5 Å². The normalized spacial score (nSPS) is 17.1. The topological polar surface area (TPSA) is 146 Å². The molecule has 6 rings (SSSR count). The Labute approximate surface area is 284 Å². The van der Waals surface area contributed by atoms with Gasteiger partial charge in [-0.05, 0) is 61.9 Å². The molecule has 0 bridgehead atoms. The molecular formula is C34H39ClN8O5. The fourth-order valence-electron chi connectivity index (χ4n) is 5.72. The monoisotopic (exact) mass is 674 g/mol. The van der Waals surface area contributed by atoms with Crippen molar-refractivity contribution in [2.45, 2.75) is 57.4 Å². The smallest absolute Gasteiger partial charge is 0.356 e. The number of nitrogens with one attached hydrogen (secondary N) is 2. The number of esters is 1. The van der Waals surface area contributed by atoms with Gasteiger partial charge in [0.05, 0.1) is 25.5 Å². The first kappa shape index (κ1) is 33.3. The molecular weight excluding hydrogens is 636 g/mol. The van der Waals surface area contributed by atoms with E-state index in [-0.39, 0.29) is 30.5 Å². The van der Waals surface area contributed by atoms with Crippen LogP contribution in [0.5, 0.6) is 5.88 Å². The number of rotatable bonds is 12. The van der Waals surface area contributed by atoms with Crippen LogP contribution in [0, 0.1) is 0 Å². The summed E-state index contributed by atoms with van der Waals surface area (Å²) in [5.74, 6) is 0.831. The number of hydrogen-bond donors (Lipinski definition) is 2. The second kappa shape index (κ2) is 16.0. The molecule has 0 spiro atoms. The molecule has 252 valence electrons. The average Bonchev–Trinajstić information content (AvgIpc) is 3.59. The van der Waals surface area contributed by atoms with E-state index in [1.54, 1.807) is 24.5 Å². The number of carbonyl (C=O) groups excluding carboxylic acids is 2. The van der Waals surface area contributed by atoms with Crippen LogP contribution in [0.3, 0.4) is 0 Å². The number of nitrogens with zero attached hydrogens (tertiary/aromatic N) is 6. The molecule has 2 aliphatic rings. The molecule has 48 heavy (non-hydrogen) atoms. The summed E-state index contributed by atoms with van der Waals surface area (Å²) in [6, 6.07) is 12.6. The maximum absolute atomic E-state index is 13.2. The molecule has 2 N–H and O–H groups in total. The molecule has 1 atom stereocenters. The predicted molar refractivity (Wildman–Crippen MR) is 179 cm³/mol. The van der Waals surface area contributed by atoms with Gasteiger partial charge in [0.2, 0.25) is 11.8 Å². The summed E-state index contributed by atoms with van der Waals surface area (Å²) in [6.45, 7) is 2.71. The minimum absolute atomic E-state index is 0.0116. The van der Waals surface area contributed by atoms with E-state index in [9.17, 15) is 9.59 Å². The highest BCUT2D eigenvalue weighted by atomic mass is 35.5. The largest absolute Gasteiger partial charge is 0.474 e. The maximum atomic E-state index is 13.2. The van der Waals surface area contributed by atoms with Crippen LogP contribution in [0.2, 0.25) is 5.02 Å². The highest BCUT2D eigenvalue weighted by molar-refractivity contribution is 6.30. The minimum atomic E-state index is -0.567. The Bertz CT molecular complexity index is 1690. The van der Waals surface area contributed by atoms with E-state index in [2.05, 4.69) is 35.6 Å². The van der Waals surface area contributed by atoms with Crippen molar-refractivity contribution >= 4 is 35.0 Å². The third-order valence-electron chi connectivity index (χ3n) is 8.27.